The maximum atomic E-state index is 11.9. The summed E-state index contributed by atoms with van der Waals surface area (Å²) in [4.78, 5) is 18.5. The number of carboxylic acid groups (broad SMARTS) is 1. The smallest absolute Gasteiger partial charge is 0.320 e. The van der Waals surface area contributed by atoms with Crippen molar-refractivity contribution >= 4 is 29.2 Å². The fourth-order valence-electron chi connectivity index (χ4n) is 3.57. The van der Waals surface area contributed by atoms with Crippen molar-refractivity contribution in [3.63, 3.8) is 0 Å². The van der Waals surface area contributed by atoms with Crippen molar-refractivity contribution < 1.29 is 9.90 Å². The second-order valence-electron chi connectivity index (χ2n) is 6.60. The second-order valence-corrected chi connectivity index (χ2v) is 7.44. The van der Waals surface area contributed by atoms with Gasteiger partial charge in [0.1, 0.15) is 6.04 Å². The second kappa shape index (κ2) is 8.38. The predicted octanol–water partition coefficient (Wildman–Crippen LogP) is 4.98. The van der Waals surface area contributed by atoms with E-state index in [9.17, 15) is 9.90 Å². The van der Waals surface area contributed by atoms with E-state index in [1.807, 2.05) is 29.3 Å². The number of benzene rings is 1. The van der Waals surface area contributed by atoms with E-state index < -0.39 is 12.0 Å². The molecule has 0 saturated carbocycles. The summed E-state index contributed by atoms with van der Waals surface area (Å²) in [5.74, 6) is -0.801. The molecule has 1 aromatic heterocycles. The van der Waals surface area contributed by atoms with Gasteiger partial charge in [0, 0.05) is 16.2 Å². The molecule has 1 saturated heterocycles. The third kappa shape index (κ3) is 4.03. The molecule has 0 amide bonds. The van der Waals surface area contributed by atoms with Gasteiger partial charge in [-0.15, -0.1) is 0 Å². The minimum atomic E-state index is -0.801. The third-order valence-corrected chi connectivity index (χ3v) is 5.52. The lowest BCUT2D eigenvalue weighted by atomic mass is 9.94. The molecule has 2 atom stereocenters. The number of rotatable bonds is 5. The lowest BCUT2D eigenvalue weighted by Gasteiger charge is -2.39. The molecule has 0 radical (unpaired) electrons. The molecule has 3 rings (SSSR count). The third-order valence-electron chi connectivity index (χ3n) is 4.95. The van der Waals surface area contributed by atoms with Gasteiger partial charge in [0.25, 0.3) is 0 Å². The molecule has 26 heavy (non-hydrogen) atoms. The lowest BCUT2D eigenvalue weighted by molar-refractivity contribution is -0.145. The Morgan fingerprint density at radius 1 is 1.31 bits per heavy atom. The van der Waals surface area contributed by atoms with Crippen LogP contribution in [0.1, 0.15) is 49.0 Å². The summed E-state index contributed by atoms with van der Waals surface area (Å²) in [5.41, 5.74) is 2.78. The molecule has 0 bridgehead atoms. The molecule has 1 aliphatic rings. The highest BCUT2D eigenvalue weighted by atomic mass is 35.5. The SMILES string of the molecule is CCc1ccc(C(c2ccc(Cl)cc2Cl)N2CCCCC2C(=O)O)nc1. The van der Waals surface area contributed by atoms with Crippen LogP contribution in [-0.2, 0) is 11.2 Å². The molecule has 4 nitrogen and oxygen atoms in total. The standard InChI is InChI=1S/C20H22Cl2N2O2/c1-2-13-6-9-17(23-12-13)19(15-8-7-14(21)11-16(15)22)24-10-4-3-5-18(24)20(25)26/h6-9,11-12,18-19H,2-5,10H2,1H3,(H,25,26). The molecule has 2 heterocycles. The van der Waals surface area contributed by atoms with Crippen LogP contribution >= 0.6 is 23.2 Å². The number of aryl methyl sites for hydroxylation is 1. The van der Waals surface area contributed by atoms with Crippen LogP contribution in [-0.4, -0.2) is 33.5 Å². The Morgan fingerprint density at radius 2 is 2.12 bits per heavy atom. The molecule has 0 spiro atoms. The quantitative estimate of drug-likeness (QED) is 0.779. The van der Waals surface area contributed by atoms with Crippen LogP contribution < -0.4 is 0 Å². The highest BCUT2D eigenvalue weighted by Gasteiger charge is 2.36. The van der Waals surface area contributed by atoms with Crippen molar-refractivity contribution in [2.45, 2.75) is 44.7 Å². The van der Waals surface area contributed by atoms with E-state index in [2.05, 4.69) is 11.9 Å². The highest BCUT2D eigenvalue weighted by Crippen LogP contribution is 2.37. The first kappa shape index (κ1) is 19.2. The van der Waals surface area contributed by atoms with Gasteiger partial charge in [-0.2, -0.15) is 0 Å². The van der Waals surface area contributed by atoms with Gasteiger partial charge in [-0.1, -0.05) is 48.7 Å². The first-order chi connectivity index (χ1) is 12.5. The normalized spacial score (nSPS) is 19.3. The zero-order chi connectivity index (χ0) is 18.7. The average molecular weight is 393 g/mol. The van der Waals surface area contributed by atoms with Crippen molar-refractivity contribution in [3.8, 4) is 0 Å². The highest BCUT2D eigenvalue weighted by molar-refractivity contribution is 6.35. The fraction of sp³-hybridized carbons (Fsp3) is 0.400. The minimum Gasteiger partial charge on any atom is -0.480 e. The Morgan fingerprint density at radius 3 is 2.73 bits per heavy atom. The fourth-order valence-corrected chi connectivity index (χ4v) is 4.08. The average Bonchev–Trinajstić information content (AvgIpc) is 2.64. The van der Waals surface area contributed by atoms with Gasteiger partial charge in [0.15, 0.2) is 0 Å². The van der Waals surface area contributed by atoms with E-state index in [-0.39, 0.29) is 6.04 Å². The van der Waals surface area contributed by atoms with Crippen molar-refractivity contribution in [2.75, 3.05) is 6.54 Å². The lowest BCUT2D eigenvalue weighted by Crippen LogP contribution is -2.47. The summed E-state index contributed by atoms with van der Waals surface area (Å²) in [6.45, 7) is 2.77. The van der Waals surface area contributed by atoms with Crippen molar-refractivity contribution in [3.05, 3.63) is 63.4 Å². The Bertz CT molecular complexity index is 780. The molecule has 2 unspecified atom stereocenters. The Hall–Kier alpha value is -1.62. The molecule has 1 aromatic carbocycles. The minimum absolute atomic E-state index is 0.313. The number of carbonyl (C=O) groups is 1. The molecule has 1 N–H and O–H groups in total. The molecule has 138 valence electrons. The number of pyridine rings is 1. The van der Waals surface area contributed by atoms with Gasteiger partial charge in [-0.3, -0.25) is 14.7 Å². The van der Waals surface area contributed by atoms with Crippen LogP contribution in [0.4, 0.5) is 0 Å². The number of nitrogens with zero attached hydrogens (tertiary/aromatic N) is 2. The summed E-state index contributed by atoms with van der Waals surface area (Å²) in [6.07, 6.45) is 5.26. The number of aromatic nitrogens is 1. The summed E-state index contributed by atoms with van der Waals surface area (Å²) in [7, 11) is 0. The maximum absolute atomic E-state index is 11.9. The molecule has 0 aliphatic carbocycles. The van der Waals surface area contributed by atoms with Gasteiger partial charge in [-0.25, -0.2) is 0 Å². The predicted molar refractivity (Wildman–Crippen MR) is 104 cm³/mol. The van der Waals surface area contributed by atoms with Crippen molar-refractivity contribution in [1.82, 2.24) is 9.88 Å². The first-order valence-electron chi connectivity index (χ1n) is 8.89. The van der Waals surface area contributed by atoms with Gasteiger partial charge in [-0.05, 0) is 55.1 Å². The number of halogens is 2. The van der Waals surface area contributed by atoms with Gasteiger partial charge >= 0.3 is 5.97 Å². The van der Waals surface area contributed by atoms with E-state index in [1.54, 1.807) is 12.1 Å². The summed E-state index contributed by atoms with van der Waals surface area (Å²) in [6, 6.07) is 8.51. The van der Waals surface area contributed by atoms with Crippen LogP contribution in [0, 0.1) is 0 Å². The van der Waals surface area contributed by atoms with Crippen molar-refractivity contribution in [2.24, 2.45) is 0 Å². The Kier molecular flexibility index (Phi) is 6.17. The molecular weight excluding hydrogens is 371 g/mol. The van der Waals surface area contributed by atoms with Crippen LogP contribution in [0.2, 0.25) is 10.0 Å². The molecular formula is C20H22Cl2N2O2. The van der Waals surface area contributed by atoms with Gasteiger partial charge in [0.2, 0.25) is 0 Å². The molecule has 1 aliphatic heterocycles. The molecule has 2 aromatic rings. The van der Waals surface area contributed by atoms with Crippen molar-refractivity contribution in [1.29, 1.82) is 0 Å². The van der Waals surface area contributed by atoms with Crippen LogP contribution in [0.25, 0.3) is 0 Å². The Labute approximate surface area is 163 Å². The molecule has 1 fully saturated rings. The monoisotopic (exact) mass is 392 g/mol. The summed E-state index contributed by atoms with van der Waals surface area (Å²) in [5, 5.41) is 10.8. The van der Waals surface area contributed by atoms with Crippen LogP contribution in [0.5, 0.6) is 0 Å². The van der Waals surface area contributed by atoms with Crippen LogP contribution in [0.15, 0.2) is 36.5 Å². The number of aliphatic carboxylic acids is 1. The zero-order valence-corrected chi connectivity index (χ0v) is 16.2. The first-order valence-corrected chi connectivity index (χ1v) is 9.65. The van der Waals surface area contributed by atoms with Gasteiger partial charge in [0.05, 0.1) is 11.7 Å². The topological polar surface area (TPSA) is 53.4 Å². The number of piperidine rings is 1. The van der Waals surface area contributed by atoms with E-state index in [0.717, 1.165) is 36.1 Å². The number of hydrogen-bond donors (Lipinski definition) is 1. The van der Waals surface area contributed by atoms with Crippen LogP contribution in [0.3, 0.4) is 0 Å². The van der Waals surface area contributed by atoms with E-state index in [4.69, 9.17) is 23.2 Å². The largest absolute Gasteiger partial charge is 0.480 e. The van der Waals surface area contributed by atoms with Gasteiger partial charge < -0.3 is 5.11 Å². The number of carboxylic acids is 1. The van der Waals surface area contributed by atoms with E-state index in [1.165, 1.54) is 0 Å². The van der Waals surface area contributed by atoms with E-state index in [0.29, 0.717) is 23.0 Å². The number of likely N-dealkylation sites (tertiary alicyclic amines) is 1. The molecule has 6 heteroatoms. The van der Waals surface area contributed by atoms with E-state index >= 15 is 0 Å². The maximum Gasteiger partial charge on any atom is 0.320 e. The Balaban J connectivity index is 2.09. The zero-order valence-electron chi connectivity index (χ0n) is 14.7. The summed E-state index contributed by atoms with van der Waals surface area (Å²) < 4.78 is 0. The number of hydrogen-bond acceptors (Lipinski definition) is 3. The summed E-state index contributed by atoms with van der Waals surface area (Å²) >= 11 is 12.6.